The first-order chi connectivity index (χ1) is 8.95. The molecule has 1 aromatic carbocycles. The molecule has 0 amide bonds. The lowest BCUT2D eigenvalue weighted by Gasteiger charge is -2.09. The third kappa shape index (κ3) is 2.46. The number of H-pyrrole nitrogens is 1. The van der Waals surface area contributed by atoms with Crippen LogP contribution in [0.25, 0.3) is 5.69 Å². The first-order valence-electron chi connectivity index (χ1n) is 5.31. The van der Waals surface area contributed by atoms with Crippen molar-refractivity contribution in [2.75, 3.05) is 7.11 Å². The molecule has 2 rings (SSSR count). The Morgan fingerprint density at radius 3 is 2.63 bits per heavy atom. The Balaban J connectivity index is 2.73. The molecule has 0 atom stereocenters. The largest absolute Gasteiger partial charge is 0.496 e. The van der Waals surface area contributed by atoms with Crippen LogP contribution in [0, 0.1) is 6.92 Å². The fourth-order valence-electron chi connectivity index (χ4n) is 1.63. The number of methoxy groups -OCH3 is 1. The zero-order chi connectivity index (χ0) is 14.2. The molecule has 0 aliphatic rings. The van der Waals surface area contributed by atoms with E-state index in [1.165, 1.54) is 7.11 Å². The molecular formula is C12H10BrClN2O3. The summed E-state index contributed by atoms with van der Waals surface area (Å²) < 4.78 is 6.76. The van der Waals surface area contributed by atoms with Crippen LogP contribution in [0.4, 0.5) is 0 Å². The molecule has 0 saturated carbocycles. The first-order valence-corrected chi connectivity index (χ1v) is 6.48. The second kappa shape index (κ2) is 5.22. The molecule has 0 aliphatic heterocycles. The van der Waals surface area contributed by atoms with Gasteiger partial charge in [0.05, 0.1) is 22.8 Å². The van der Waals surface area contributed by atoms with Crippen LogP contribution in [-0.4, -0.2) is 16.7 Å². The Morgan fingerprint density at radius 2 is 2.05 bits per heavy atom. The summed E-state index contributed by atoms with van der Waals surface area (Å²) in [5.74, 6) is 0.610. The van der Waals surface area contributed by atoms with E-state index in [0.29, 0.717) is 15.9 Å². The maximum absolute atomic E-state index is 12.1. The number of ether oxygens (including phenoxy) is 1. The molecular weight excluding hydrogens is 335 g/mol. The van der Waals surface area contributed by atoms with E-state index in [4.69, 9.17) is 16.3 Å². The number of hydrogen-bond donors (Lipinski definition) is 1. The molecule has 1 aromatic heterocycles. The van der Waals surface area contributed by atoms with Crippen LogP contribution in [0.2, 0.25) is 5.15 Å². The molecule has 0 spiro atoms. The Morgan fingerprint density at radius 1 is 1.37 bits per heavy atom. The van der Waals surface area contributed by atoms with Crippen molar-refractivity contribution < 1.29 is 4.74 Å². The first kappa shape index (κ1) is 13.9. The lowest BCUT2D eigenvalue weighted by molar-refractivity contribution is 0.412. The number of nitrogens with zero attached hydrogens (tertiary/aromatic N) is 1. The molecule has 2 aromatic rings. The van der Waals surface area contributed by atoms with Gasteiger partial charge >= 0.3 is 5.69 Å². The van der Waals surface area contributed by atoms with Crippen molar-refractivity contribution in [2.45, 2.75) is 6.92 Å². The van der Waals surface area contributed by atoms with E-state index in [1.807, 2.05) is 0 Å². The van der Waals surface area contributed by atoms with E-state index in [9.17, 15) is 9.59 Å². The third-order valence-corrected chi connectivity index (χ3v) is 3.66. The van der Waals surface area contributed by atoms with Gasteiger partial charge in [0, 0.05) is 0 Å². The van der Waals surface area contributed by atoms with Crippen LogP contribution in [0.1, 0.15) is 5.56 Å². The zero-order valence-corrected chi connectivity index (χ0v) is 12.5. The minimum atomic E-state index is -0.585. The van der Waals surface area contributed by atoms with Crippen LogP contribution in [0.3, 0.4) is 0 Å². The lowest BCUT2D eigenvalue weighted by Crippen LogP contribution is -2.35. The van der Waals surface area contributed by atoms with Gasteiger partial charge in [-0.2, -0.15) is 0 Å². The number of benzene rings is 1. The molecule has 100 valence electrons. The van der Waals surface area contributed by atoms with Gasteiger partial charge in [-0.15, -0.1) is 0 Å². The molecule has 0 aliphatic carbocycles. The molecule has 1 N–H and O–H groups in total. The van der Waals surface area contributed by atoms with Crippen molar-refractivity contribution in [3.8, 4) is 11.4 Å². The normalized spacial score (nSPS) is 10.5. The quantitative estimate of drug-likeness (QED) is 0.849. The maximum Gasteiger partial charge on any atom is 0.334 e. The van der Waals surface area contributed by atoms with Crippen LogP contribution >= 0.6 is 27.5 Å². The predicted octanol–water partition coefficient (Wildman–Crippen LogP) is 2.26. The number of aromatic amines is 1. The fourth-order valence-corrected chi connectivity index (χ4v) is 2.32. The summed E-state index contributed by atoms with van der Waals surface area (Å²) in [7, 11) is 1.53. The van der Waals surface area contributed by atoms with Crippen molar-refractivity contribution in [2.24, 2.45) is 0 Å². The van der Waals surface area contributed by atoms with Gasteiger partial charge in [0.15, 0.2) is 0 Å². The number of halogens is 2. The average Bonchev–Trinajstić information content (AvgIpc) is 2.36. The fraction of sp³-hybridized carbons (Fsp3) is 0.167. The van der Waals surface area contributed by atoms with E-state index >= 15 is 0 Å². The van der Waals surface area contributed by atoms with Gasteiger partial charge in [-0.05, 0) is 41.1 Å². The average molecular weight is 346 g/mol. The van der Waals surface area contributed by atoms with E-state index < -0.39 is 11.2 Å². The summed E-state index contributed by atoms with van der Waals surface area (Å²) in [5, 5.41) is 0.0545. The highest BCUT2D eigenvalue weighted by molar-refractivity contribution is 9.10. The predicted molar refractivity (Wildman–Crippen MR) is 76.7 cm³/mol. The topological polar surface area (TPSA) is 64.1 Å². The molecule has 0 radical (unpaired) electrons. The minimum Gasteiger partial charge on any atom is -0.496 e. The Bertz CT molecular complexity index is 752. The minimum absolute atomic E-state index is 0.0545. The van der Waals surface area contributed by atoms with Crippen LogP contribution in [0.5, 0.6) is 5.75 Å². The van der Waals surface area contributed by atoms with Crippen molar-refractivity contribution in [1.82, 2.24) is 9.55 Å². The molecule has 0 fully saturated rings. The molecule has 0 saturated heterocycles. The summed E-state index contributed by atoms with van der Waals surface area (Å²) in [5.41, 5.74) is -0.324. The maximum atomic E-state index is 12.1. The summed E-state index contributed by atoms with van der Waals surface area (Å²) in [6, 6.07) is 4.91. The van der Waals surface area contributed by atoms with Gasteiger partial charge in [-0.25, -0.2) is 9.36 Å². The summed E-state index contributed by atoms with van der Waals surface area (Å²) >= 11 is 9.07. The second-order valence-corrected chi connectivity index (χ2v) is 5.06. The Labute approximate surface area is 121 Å². The van der Waals surface area contributed by atoms with Crippen LogP contribution in [0.15, 0.2) is 32.3 Å². The van der Waals surface area contributed by atoms with E-state index in [0.717, 1.165) is 4.57 Å². The monoisotopic (exact) mass is 344 g/mol. The van der Waals surface area contributed by atoms with Gasteiger partial charge in [-0.3, -0.25) is 9.78 Å². The summed E-state index contributed by atoms with van der Waals surface area (Å²) in [6.07, 6.45) is 0. The van der Waals surface area contributed by atoms with E-state index in [-0.39, 0.29) is 10.7 Å². The molecule has 0 bridgehead atoms. The number of rotatable bonds is 2. The van der Waals surface area contributed by atoms with Gasteiger partial charge in [0.25, 0.3) is 5.56 Å². The Kier molecular flexibility index (Phi) is 3.82. The molecule has 5 nitrogen and oxygen atoms in total. The highest BCUT2D eigenvalue weighted by Crippen LogP contribution is 2.26. The number of nitrogens with one attached hydrogen (secondary N) is 1. The third-order valence-electron chi connectivity index (χ3n) is 2.67. The molecule has 19 heavy (non-hydrogen) atoms. The van der Waals surface area contributed by atoms with Gasteiger partial charge in [0.2, 0.25) is 0 Å². The van der Waals surface area contributed by atoms with Crippen LogP contribution < -0.4 is 16.0 Å². The Hall–Kier alpha value is -1.53. The van der Waals surface area contributed by atoms with Crippen molar-refractivity contribution in [1.29, 1.82) is 0 Å². The number of hydrogen-bond acceptors (Lipinski definition) is 3. The highest BCUT2D eigenvalue weighted by atomic mass is 79.9. The van der Waals surface area contributed by atoms with E-state index in [2.05, 4.69) is 20.9 Å². The van der Waals surface area contributed by atoms with Crippen molar-refractivity contribution in [3.05, 3.63) is 54.2 Å². The van der Waals surface area contributed by atoms with Gasteiger partial charge in [-0.1, -0.05) is 11.6 Å². The lowest BCUT2D eigenvalue weighted by atomic mass is 10.3. The molecule has 1 heterocycles. The standard InChI is InChI=1S/C12H10BrClN2O3/c1-6-10(14)15-12(18)16(11(6)17)7-3-4-9(19-2)8(13)5-7/h3-5H,1-2H3,(H,15,18). The van der Waals surface area contributed by atoms with Crippen molar-refractivity contribution in [3.63, 3.8) is 0 Å². The smallest absolute Gasteiger partial charge is 0.334 e. The summed E-state index contributed by atoms with van der Waals surface area (Å²) in [6.45, 7) is 1.55. The number of aromatic nitrogens is 2. The highest BCUT2D eigenvalue weighted by Gasteiger charge is 2.12. The molecule has 0 unspecified atom stereocenters. The van der Waals surface area contributed by atoms with Crippen LogP contribution in [-0.2, 0) is 0 Å². The van der Waals surface area contributed by atoms with Gasteiger partial charge in [0.1, 0.15) is 10.9 Å². The van der Waals surface area contributed by atoms with Crippen molar-refractivity contribution >= 4 is 27.5 Å². The molecule has 7 heteroatoms. The summed E-state index contributed by atoms with van der Waals surface area (Å²) in [4.78, 5) is 26.4. The second-order valence-electron chi connectivity index (χ2n) is 3.83. The SMILES string of the molecule is COc1ccc(-n2c(=O)[nH]c(Cl)c(C)c2=O)cc1Br. The van der Waals surface area contributed by atoms with E-state index in [1.54, 1.807) is 25.1 Å². The zero-order valence-electron chi connectivity index (χ0n) is 10.2. The van der Waals surface area contributed by atoms with Gasteiger partial charge < -0.3 is 4.74 Å².